The third kappa shape index (κ3) is 3.95. The molecular weight excluding hydrogens is 336 g/mol. The Morgan fingerprint density at radius 3 is 2.52 bits per heavy atom. The van der Waals surface area contributed by atoms with Crippen LogP contribution in [0.25, 0.3) is 0 Å². The van der Waals surface area contributed by atoms with Gasteiger partial charge >= 0.3 is 5.91 Å². The maximum Gasteiger partial charge on any atom is 0.307 e. The lowest BCUT2D eigenvalue weighted by Crippen LogP contribution is -2.19. The lowest BCUT2D eigenvalue weighted by atomic mass is 10.1. The van der Waals surface area contributed by atoms with Gasteiger partial charge in [0.1, 0.15) is 5.75 Å². The standard InChI is InChI=1S/C15H15BrN2O3/c1-3-12(10-4-6-11(20-2)7-5-10)17-18-15(19)13-8-9-14(16)21-13/h4-9H,3H2,1-2H3,(H,18,19)/b17-12+. The van der Waals surface area contributed by atoms with Gasteiger partial charge in [0.15, 0.2) is 10.4 Å². The van der Waals surface area contributed by atoms with E-state index in [1.54, 1.807) is 19.2 Å². The predicted octanol–water partition coefficient (Wildman–Crippen LogP) is 3.59. The molecule has 0 saturated carbocycles. The Morgan fingerprint density at radius 2 is 2.00 bits per heavy atom. The number of amides is 1. The lowest BCUT2D eigenvalue weighted by molar-refractivity contribution is 0.0926. The van der Waals surface area contributed by atoms with E-state index in [9.17, 15) is 4.79 Å². The number of rotatable bonds is 5. The van der Waals surface area contributed by atoms with Gasteiger partial charge < -0.3 is 9.15 Å². The second kappa shape index (κ2) is 7.08. The number of methoxy groups -OCH3 is 1. The number of halogens is 1. The fourth-order valence-electron chi connectivity index (χ4n) is 1.74. The molecule has 1 N–H and O–H groups in total. The number of furan rings is 1. The fourth-order valence-corrected chi connectivity index (χ4v) is 2.05. The lowest BCUT2D eigenvalue weighted by Gasteiger charge is -2.06. The first-order valence-electron chi connectivity index (χ1n) is 6.40. The summed E-state index contributed by atoms with van der Waals surface area (Å²) in [6.45, 7) is 1.97. The smallest absolute Gasteiger partial charge is 0.307 e. The SMILES string of the molecule is CC/C(=N\NC(=O)c1ccc(Br)o1)c1ccc(OC)cc1. The molecule has 110 valence electrons. The molecule has 6 heteroatoms. The third-order valence-electron chi connectivity index (χ3n) is 2.85. The van der Waals surface area contributed by atoms with Gasteiger partial charge in [-0.15, -0.1) is 0 Å². The van der Waals surface area contributed by atoms with E-state index < -0.39 is 0 Å². The van der Waals surface area contributed by atoms with E-state index in [2.05, 4.69) is 26.5 Å². The molecule has 0 unspecified atom stereocenters. The van der Waals surface area contributed by atoms with Gasteiger partial charge in [0.05, 0.1) is 12.8 Å². The van der Waals surface area contributed by atoms with Crippen molar-refractivity contribution in [2.45, 2.75) is 13.3 Å². The van der Waals surface area contributed by atoms with Gasteiger partial charge in [-0.3, -0.25) is 4.79 Å². The van der Waals surface area contributed by atoms with Gasteiger partial charge in [-0.1, -0.05) is 6.92 Å². The number of hydrazone groups is 1. The summed E-state index contributed by atoms with van der Waals surface area (Å²) in [5, 5.41) is 4.15. The summed E-state index contributed by atoms with van der Waals surface area (Å²) < 4.78 is 10.8. The Kier molecular flexibility index (Phi) is 5.16. The van der Waals surface area contributed by atoms with Crippen molar-refractivity contribution in [1.82, 2.24) is 5.43 Å². The maximum absolute atomic E-state index is 11.9. The average Bonchev–Trinajstić information content (AvgIpc) is 2.95. The van der Waals surface area contributed by atoms with Gasteiger partial charge in [0.2, 0.25) is 0 Å². The Balaban J connectivity index is 2.10. The second-order valence-corrected chi connectivity index (χ2v) is 4.97. The summed E-state index contributed by atoms with van der Waals surface area (Å²) in [4.78, 5) is 11.9. The van der Waals surface area contributed by atoms with E-state index in [1.165, 1.54) is 0 Å². The second-order valence-electron chi connectivity index (χ2n) is 4.19. The van der Waals surface area contributed by atoms with E-state index in [4.69, 9.17) is 9.15 Å². The van der Waals surface area contributed by atoms with E-state index in [-0.39, 0.29) is 11.7 Å². The first kappa shape index (κ1) is 15.3. The van der Waals surface area contributed by atoms with Crippen LogP contribution in [0, 0.1) is 0 Å². The molecule has 0 fully saturated rings. The highest BCUT2D eigenvalue weighted by Crippen LogP contribution is 2.15. The van der Waals surface area contributed by atoms with Crippen LogP contribution in [-0.2, 0) is 0 Å². The van der Waals surface area contributed by atoms with E-state index in [0.29, 0.717) is 11.1 Å². The summed E-state index contributed by atoms with van der Waals surface area (Å²) in [5.41, 5.74) is 4.20. The fraction of sp³-hybridized carbons (Fsp3) is 0.200. The maximum atomic E-state index is 11.9. The molecule has 0 aliphatic rings. The molecule has 0 saturated heterocycles. The van der Waals surface area contributed by atoms with Crippen LogP contribution in [0.3, 0.4) is 0 Å². The van der Waals surface area contributed by atoms with Crippen molar-refractivity contribution in [3.63, 3.8) is 0 Å². The van der Waals surface area contributed by atoms with Crippen molar-refractivity contribution in [2.24, 2.45) is 5.10 Å². The molecule has 1 aromatic carbocycles. The normalized spacial score (nSPS) is 11.3. The number of hydrogen-bond acceptors (Lipinski definition) is 4. The van der Waals surface area contributed by atoms with Gasteiger partial charge in [-0.25, -0.2) is 5.43 Å². The highest BCUT2D eigenvalue weighted by atomic mass is 79.9. The quantitative estimate of drug-likeness (QED) is 0.661. The number of nitrogens with one attached hydrogen (secondary N) is 1. The van der Waals surface area contributed by atoms with Crippen LogP contribution in [0.1, 0.15) is 29.5 Å². The molecule has 0 radical (unpaired) electrons. The molecule has 5 nitrogen and oxygen atoms in total. The van der Waals surface area contributed by atoms with Crippen molar-refractivity contribution in [1.29, 1.82) is 0 Å². The average molecular weight is 351 g/mol. The van der Waals surface area contributed by atoms with Gasteiger partial charge in [-0.2, -0.15) is 5.10 Å². The largest absolute Gasteiger partial charge is 0.497 e. The van der Waals surface area contributed by atoms with Crippen LogP contribution in [0.2, 0.25) is 0 Å². The minimum Gasteiger partial charge on any atom is -0.497 e. The van der Waals surface area contributed by atoms with Crippen LogP contribution in [0.15, 0.2) is 50.6 Å². The first-order valence-corrected chi connectivity index (χ1v) is 7.20. The number of carbonyl (C=O) groups is 1. The number of ether oxygens (including phenoxy) is 1. The van der Waals surface area contributed by atoms with Crippen molar-refractivity contribution in [3.8, 4) is 5.75 Å². The van der Waals surface area contributed by atoms with Crippen molar-refractivity contribution in [3.05, 3.63) is 52.4 Å². The zero-order valence-electron chi connectivity index (χ0n) is 11.7. The number of hydrogen-bond donors (Lipinski definition) is 1. The van der Waals surface area contributed by atoms with Gasteiger partial charge in [-0.05, 0) is 64.3 Å². The van der Waals surface area contributed by atoms with Gasteiger partial charge in [0, 0.05) is 0 Å². The molecule has 0 spiro atoms. The highest BCUT2D eigenvalue weighted by molar-refractivity contribution is 9.10. The molecule has 0 atom stereocenters. The van der Waals surface area contributed by atoms with Crippen LogP contribution in [0.4, 0.5) is 0 Å². The Bertz CT molecular complexity index is 647. The number of benzene rings is 1. The van der Waals surface area contributed by atoms with Crippen LogP contribution in [-0.4, -0.2) is 18.7 Å². The topological polar surface area (TPSA) is 63.8 Å². The number of nitrogens with zero attached hydrogens (tertiary/aromatic N) is 1. The monoisotopic (exact) mass is 350 g/mol. The highest BCUT2D eigenvalue weighted by Gasteiger charge is 2.10. The summed E-state index contributed by atoms with van der Waals surface area (Å²) in [5.74, 6) is 0.592. The molecular formula is C15H15BrN2O3. The van der Waals surface area contributed by atoms with Crippen molar-refractivity contribution in [2.75, 3.05) is 7.11 Å². The van der Waals surface area contributed by atoms with E-state index in [0.717, 1.165) is 17.0 Å². The van der Waals surface area contributed by atoms with Crippen molar-refractivity contribution < 1.29 is 13.9 Å². The molecule has 21 heavy (non-hydrogen) atoms. The Morgan fingerprint density at radius 1 is 1.29 bits per heavy atom. The number of carbonyl (C=O) groups excluding carboxylic acids is 1. The zero-order chi connectivity index (χ0) is 15.2. The van der Waals surface area contributed by atoms with E-state index in [1.807, 2.05) is 31.2 Å². The predicted molar refractivity (Wildman–Crippen MR) is 83.7 cm³/mol. The molecule has 1 amide bonds. The molecule has 0 aliphatic carbocycles. The van der Waals surface area contributed by atoms with E-state index >= 15 is 0 Å². The van der Waals surface area contributed by atoms with Crippen LogP contribution >= 0.6 is 15.9 Å². The van der Waals surface area contributed by atoms with Gasteiger partial charge in [0.25, 0.3) is 0 Å². The molecule has 0 aliphatic heterocycles. The molecule has 1 heterocycles. The minimum atomic E-state index is -0.389. The molecule has 2 aromatic rings. The zero-order valence-corrected chi connectivity index (χ0v) is 13.3. The molecule has 2 rings (SSSR count). The third-order valence-corrected chi connectivity index (χ3v) is 3.27. The summed E-state index contributed by atoms with van der Waals surface area (Å²) in [6.07, 6.45) is 0.689. The van der Waals surface area contributed by atoms with Crippen LogP contribution in [0.5, 0.6) is 5.75 Å². The minimum absolute atomic E-state index is 0.204. The Labute approximate surface area is 131 Å². The first-order chi connectivity index (χ1) is 10.1. The Hall–Kier alpha value is -2.08. The summed E-state index contributed by atoms with van der Waals surface area (Å²) >= 11 is 3.15. The summed E-state index contributed by atoms with van der Waals surface area (Å²) in [7, 11) is 1.62. The van der Waals surface area contributed by atoms with Crippen molar-refractivity contribution >= 4 is 27.5 Å². The molecule has 1 aromatic heterocycles. The van der Waals surface area contributed by atoms with Crippen LogP contribution < -0.4 is 10.2 Å². The summed E-state index contributed by atoms with van der Waals surface area (Å²) in [6, 6.07) is 10.7. The molecule has 0 bridgehead atoms.